The van der Waals surface area contributed by atoms with Crippen LogP contribution in [-0.2, 0) is 4.79 Å². The highest BCUT2D eigenvalue weighted by molar-refractivity contribution is 14.1. The first-order chi connectivity index (χ1) is 8.51. The molecule has 1 aromatic rings. The second-order valence-corrected chi connectivity index (χ2v) is 6.29. The first-order valence-electron chi connectivity index (χ1n) is 4.88. The summed E-state index contributed by atoms with van der Waals surface area (Å²) in [6, 6.07) is 3.96. The number of halogens is 2. The van der Waals surface area contributed by atoms with E-state index in [1.165, 1.54) is 0 Å². The summed E-state index contributed by atoms with van der Waals surface area (Å²) in [6.07, 6.45) is 1.73. The maximum atomic E-state index is 11.6. The molecule has 0 saturated carbocycles. The van der Waals surface area contributed by atoms with Crippen LogP contribution in [0.2, 0.25) is 0 Å². The fraction of sp³-hybridized carbons (Fsp3) is 0.0909. The van der Waals surface area contributed by atoms with Gasteiger partial charge in [-0.3, -0.25) is 10.1 Å². The quantitative estimate of drug-likeness (QED) is 0.383. The Morgan fingerprint density at radius 2 is 2.06 bits per heavy atom. The van der Waals surface area contributed by atoms with Gasteiger partial charge in [0, 0.05) is 9.13 Å². The fourth-order valence-corrected chi connectivity index (χ4v) is 3.85. The molecule has 2 N–H and O–H groups in total. The van der Waals surface area contributed by atoms with Crippen molar-refractivity contribution in [2.75, 3.05) is 7.11 Å². The van der Waals surface area contributed by atoms with Crippen molar-refractivity contribution in [1.29, 1.82) is 0 Å². The molecule has 18 heavy (non-hydrogen) atoms. The lowest BCUT2D eigenvalue weighted by Gasteiger charge is -2.08. The smallest absolute Gasteiger partial charge is 0.273 e. The summed E-state index contributed by atoms with van der Waals surface area (Å²) < 4.78 is 7.43. The van der Waals surface area contributed by atoms with Gasteiger partial charge in [-0.15, -0.1) is 0 Å². The average molecular weight is 486 g/mol. The van der Waals surface area contributed by atoms with E-state index in [-0.39, 0.29) is 5.91 Å². The highest BCUT2D eigenvalue weighted by Gasteiger charge is 2.21. The zero-order valence-corrected chi connectivity index (χ0v) is 14.3. The van der Waals surface area contributed by atoms with Gasteiger partial charge in [0.2, 0.25) is 0 Å². The van der Waals surface area contributed by atoms with Crippen molar-refractivity contribution < 1.29 is 9.53 Å². The highest BCUT2D eigenvalue weighted by atomic mass is 127. The van der Waals surface area contributed by atoms with Crippen LogP contribution in [-0.4, -0.2) is 18.1 Å². The molecular weight excluding hydrogens is 478 g/mol. The van der Waals surface area contributed by atoms with Crippen molar-refractivity contribution in [2.45, 2.75) is 0 Å². The number of methoxy groups -OCH3 is 1. The summed E-state index contributed by atoms with van der Waals surface area (Å²) in [5.74, 6) is 0.520. The van der Waals surface area contributed by atoms with Crippen LogP contribution in [0.5, 0.6) is 5.75 Å². The molecule has 1 aliphatic rings. The van der Waals surface area contributed by atoms with Crippen molar-refractivity contribution in [2.24, 2.45) is 0 Å². The van der Waals surface area contributed by atoms with Gasteiger partial charge in [0.1, 0.15) is 11.4 Å². The molecule has 0 spiro atoms. The number of nitrogens with one attached hydrogen (secondary N) is 2. The van der Waals surface area contributed by atoms with Crippen LogP contribution in [0, 0.1) is 7.14 Å². The maximum absolute atomic E-state index is 11.6. The monoisotopic (exact) mass is 486 g/mol. The predicted molar refractivity (Wildman–Crippen MR) is 90.3 cm³/mol. The minimum atomic E-state index is -0.226. The van der Waals surface area contributed by atoms with Crippen molar-refractivity contribution in [3.8, 4) is 5.75 Å². The molecule has 1 heterocycles. The Morgan fingerprint density at radius 3 is 2.61 bits per heavy atom. The standard InChI is InChI=1S/C11H8I2N2O2S/c1-17-9-5(2-6(12)4-7(9)13)3-8-10(16)15-11(18)14-8/h2-4H,1H3,(H2,14,15,16,18). The van der Waals surface area contributed by atoms with E-state index in [4.69, 9.17) is 17.0 Å². The van der Waals surface area contributed by atoms with Crippen LogP contribution in [0.4, 0.5) is 0 Å². The second kappa shape index (κ2) is 5.70. The van der Waals surface area contributed by atoms with Gasteiger partial charge in [0.05, 0.1) is 10.7 Å². The van der Waals surface area contributed by atoms with Gasteiger partial charge in [-0.2, -0.15) is 0 Å². The minimum absolute atomic E-state index is 0.226. The third-order valence-corrected chi connectivity index (χ3v) is 3.89. The molecule has 2 rings (SSSR count). The number of amides is 1. The Hall–Kier alpha value is -0.420. The number of carbonyl (C=O) groups excluding carboxylic acids is 1. The topological polar surface area (TPSA) is 50.4 Å². The lowest BCUT2D eigenvalue weighted by Crippen LogP contribution is -2.21. The van der Waals surface area contributed by atoms with Crippen LogP contribution >= 0.6 is 57.4 Å². The van der Waals surface area contributed by atoms with E-state index in [0.29, 0.717) is 10.8 Å². The van der Waals surface area contributed by atoms with Crippen LogP contribution in [0.3, 0.4) is 0 Å². The Labute approximate surface area is 137 Å². The molecule has 4 nitrogen and oxygen atoms in total. The zero-order chi connectivity index (χ0) is 13.3. The van der Waals surface area contributed by atoms with E-state index in [0.717, 1.165) is 18.5 Å². The van der Waals surface area contributed by atoms with Gasteiger partial charge in [0.15, 0.2) is 5.11 Å². The summed E-state index contributed by atoms with van der Waals surface area (Å²) in [4.78, 5) is 11.6. The molecule has 1 fully saturated rings. The van der Waals surface area contributed by atoms with Gasteiger partial charge in [-0.1, -0.05) is 0 Å². The molecule has 0 aromatic heterocycles. The molecule has 1 amide bonds. The highest BCUT2D eigenvalue weighted by Crippen LogP contribution is 2.29. The van der Waals surface area contributed by atoms with E-state index in [2.05, 4.69) is 55.8 Å². The third-order valence-electron chi connectivity index (χ3n) is 2.26. The molecule has 0 atom stereocenters. The zero-order valence-electron chi connectivity index (χ0n) is 9.21. The summed E-state index contributed by atoms with van der Waals surface area (Å²) in [6.45, 7) is 0. The molecule has 94 valence electrons. The number of hydrogen-bond donors (Lipinski definition) is 2. The molecule has 0 bridgehead atoms. The number of ether oxygens (including phenoxy) is 1. The number of rotatable bonds is 2. The van der Waals surface area contributed by atoms with Crippen LogP contribution in [0.15, 0.2) is 17.8 Å². The molecule has 7 heteroatoms. The molecule has 1 aromatic carbocycles. The first-order valence-corrected chi connectivity index (χ1v) is 7.45. The minimum Gasteiger partial charge on any atom is -0.495 e. The normalized spacial score (nSPS) is 16.7. The van der Waals surface area contributed by atoms with Crippen LogP contribution < -0.4 is 15.4 Å². The largest absolute Gasteiger partial charge is 0.495 e. The van der Waals surface area contributed by atoms with Gasteiger partial charge in [-0.05, 0) is 75.6 Å². The SMILES string of the molecule is COc1c(I)cc(I)cc1C=C1NC(=S)NC1=O. The Balaban J connectivity index is 2.48. The number of thiocarbonyl (C=S) groups is 1. The molecule has 0 aliphatic carbocycles. The summed E-state index contributed by atoms with van der Waals surface area (Å²) in [5.41, 5.74) is 1.27. The van der Waals surface area contributed by atoms with Crippen molar-refractivity contribution >= 4 is 74.5 Å². The van der Waals surface area contributed by atoms with Crippen molar-refractivity contribution in [3.63, 3.8) is 0 Å². The van der Waals surface area contributed by atoms with E-state index >= 15 is 0 Å². The van der Waals surface area contributed by atoms with Crippen molar-refractivity contribution in [1.82, 2.24) is 10.6 Å². The number of hydrogen-bond acceptors (Lipinski definition) is 3. The third kappa shape index (κ3) is 2.94. The first kappa shape index (κ1) is 14.0. The maximum Gasteiger partial charge on any atom is 0.273 e. The summed E-state index contributed by atoms with van der Waals surface area (Å²) in [7, 11) is 1.61. The molecule has 0 radical (unpaired) electrons. The van der Waals surface area contributed by atoms with Crippen molar-refractivity contribution in [3.05, 3.63) is 30.5 Å². The summed E-state index contributed by atoms with van der Waals surface area (Å²) >= 11 is 9.31. The van der Waals surface area contributed by atoms with Gasteiger partial charge < -0.3 is 10.1 Å². The van der Waals surface area contributed by atoms with E-state index in [1.807, 2.05) is 12.1 Å². The van der Waals surface area contributed by atoms with E-state index < -0.39 is 0 Å². The fourth-order valence-electron chi connectivity index (χ4n) is 1.54. The van der Waals surface area contributed by atoms with Gasteiger partial charge in [-0.25, -0.2) is 0 Å². The molecule has 0 unspecified atom stereocenters. The van der Waals surface area contributed by atoms with Crippen LogP contribution in [0.1, 0.15) is 5.56 Å². The molecule has 1 aliphatic heterocycles. The average Bonchev–Trinajstić information content (AvgIpc) is 2.57. The Bertz CT molecular complexity index is 572. The Kier molecular flexibility index (Phi) is 4.43. The molecule has 1 saturated heterocycles. The van der Waals surface area contributed by atoms with E-state index in [9.17, 15) is 4.79 Å². The number of benzene rings is 1. The van der Waals surface area contributed by atoms with Gasteiger partial charge in [0.25, 0.3) is 5.91 Å². The summed E-state index contributed by atoms with van der Waals surface area (Å²) in [5, 5.41) is 5.66. The van der Waals surface area contributed by atoms with E-state index in [1.54, 1.807) is 13.2 Å². The lowest BCUT2D eigenvalue weighted by molar-refractivity contribution is -0.115. The predicted octanol–water partition coefficient (Wildman–Crippen LogP) is 2.25. The second-order valence-electron chi connectivity index (χ2n) is 3.48. The Morgan fingerprint density at radius 1 is 1.33 bits per heavy atom. The number of carbonyl (C=O) groups is 1. The lowest BCUT2D eigenvalue weighted by atomic mass is 10.1. The molecular formula is C11H8I2N2O2S. The van der Waals surface area contributed by atoms with Crippen LogP contribution in [0.25, 0.3) is 6.08 Å². The van der Waals surface area contributed by atoms with Gasteiger partial charge >= 0.3 is 0 Å².